The monoisotopic (exact) mass is 463 g/mol. The van der Waals surface area contributed by atoms with Crippen LogP contribution in [0.15, 0.2) is 73.3 Å². The zero-order valence-corrected chi connectivity index (χ0v) is 19.2. The van der Waals surface area contributed by atoms with Crippen LogP contribution in [0.3, 0.4) is 0 Å². The molecule has 35 heavy (non-hydrogen) atoms. The Balaban J connectivity index is 1.46. The number of pyridine rings is 3. The first-order chi connectivity index (χ1) is 17.1. The number of anilines is 1. The highest BCUT2D eigenvalue weighted by Gasteiger charge is 2.16. The lowest BCUT2D eigenvalue weighted by Gasteiger charge is -2.10. The second kappa shape index (κ2) is 8.32. The van der Waals surface area contributed by atoms with Crippen molar-refractivity contribution in [2.75, 3.05) is 5.32 Å². The van der Waals surface area contributed by atoms with E-state index in [0.29, 0.717) is 17.3 Å². The van der Waals surface area contributed by atoms with Gasteiger partial charge in [-0.1, -0.05) is 12.1 Å². The Hall–Kier alpha value is -4.59. The first kappa shape index (κ1) is 21.0. The second-order valence-electron chi connectivity index (χ2n) is 8.73. The molecule has 0 radical (unpaired) electrons. The van der Waals surface area contributed by atoms with Crippen molar-refractivity contribution < 1.29 is 4.39 Å². The van der Waals surface area contributed by atoms with Crippen LogP contribution < -0.4 is 5.32 Å². The van der Waals surface area contributed by atoms with Crippen molar-refractivity contribution in [3.63, 3.8) is 0 Å². The summed E-state index contributed by atoms with van der Waals surface area (Å²) in [4.78, 5) is 16.9. The molecule has 172 valence electrons. The van der Waals surface area contributed by atoms with Crippen LogP contribution in [0.25, 0.3) is 55.7 Å². The number of hydrogen-bond donors (Lipinski definition) is 3. The molecule has 7 nitrogen and oxygen atoms in total. The zero-order valence-electron chi connectivity index (χ0n) is 19.2. The van der Waals surface area contributed by atoms with Crippen LogP contribution in [-0.4, -0.2) is 36.2 Å². The molecule has 0 saturated carbocycles. The number of halogens is 1. The number of nitrogens with zero attached hydrogens (tertiary/aromatic N) is 4. The third-order valence-corrected chi connectivity index (χ3v) is 5.87. The van der Waals surface area contributed by atoms with Crippen molar-refractivity contribution in [3.8, 4) is 33.9 Å². The van der Waals surface area contributed by atoms with Crippen LogP contribution in [0, 0.1) is 5.82 Å². The third-order valence-electron chi connectivity index (χ3n) is 5.87. The lowest BCUT2D eigenvalue weighted by atomic mass is 10.1. The summed E-state index contributed by atoms with van der Waals surface area (Å²) in [7, 11) is 0. The third kappa shape index (κ3) is 3.78. The van der Waals surface area contributed by atoms with Crippen molar-refractivity contribution in [3.05, 3.63) is 79.1 Å². The van der Waals surface area contributed by atoms with E-state index in [2.05, 4.69) is 49.3 Å². The standard InChI is InChI=1S/C27H22FN7/c1-15(2)32-17-9-16(12-29-13-17)23-10-20-25(14-31-23)34-35-27(20)24-11-19-22(33-24)7-8-30-26(19)18-5-3-4-6-21(18)28/h3-15,32-33H,1-2H3,(H,34,35). The van der Waals surface area contributed by atoms with E-state index in [1.807, 2.05) is 30.3 Å². The minimum atomic E-state index is -0.306. The topological polar surface area (TPSA) is 95.2 Å². The van der Waals surface area contributed by atoms with Gasteiger partial charge in [-0.15, -0.1) is 0 Å². The Morgan fingerprint density at radius 1 is 0.886 bits per heavy atom. The van der Waals surface area contributed by atoms with Crippen LogP contribution in [0.1, 0.15) is 13.8 Å². The fraction of sp³-hybridized carbons (Fsp3) is 0.111. The van der Waals surface area contributed by atoms with Crippen LogP contribution in [0.4, 0.5) is 10.1 Å². The zero-order chi connectivity index (χ0) is 23.9. The van der Waals surface area contributed by atoms with Crippen molar-refractivity contribution in [1.82, 2.24) is 30.1 Å². The SMILES string of the molecule is CC(C)Nc1cncc(-c2cc3c(-c4cc5c(-c6ccccc6F)nccc5[nH]4)n[nH]c3cn2)c1. The van der Waals surface area contributed by atoms with Gasteiger partial charge >= 0.3 is 0 Å². The molecule has 5 heterocycles. The number of hydrogen-bond acceptors (Lipinski definition) is 5. The Labute approximate surface area is 200 Å². The Bertz CT molecular complexity index is 1680. The number of nitrogens with one attached hydrogen (secondary N) is 3. The number of benzene rings is 1. The molecule has 0 spiro atoms. The summed E-state index contributed by atoms with van der Waals surface area (Å²) >= 11 is 0. The maximum absolute atomic E-state index is 14.5. The number of aromatic nitrogens is 6. The van der Waals surface area contributed by atoms with E-state index >= 15 is 0 Å². The number of H-pyrrole nitrogens is 2. The maximum Gasteiger partial charge on any atom is 0.132 e. The Kier molecular flexibility index (Phi) is 4.99. The fourth-order valence-corrected chi connectivity index (χ4v) is 4.32. The average molecular weight is 464 g/mol. The molecule has 5 aromatic heterocycles. The first-order valence-corrected chi connectivity index (χ1v) is 11.4. The van der Waals surface area contributed by atoms with E-state index in [1.54, 1.807) is 36.9 Å². The average Bonchev–Trinajstić information content (AvgIpc) is 3.47. The summed E-state index contributed by atoms with van der Waals surface area (Å²) in [6, 6.07) is 14.9. The molecular weight excluding hydrogens is 441 g/mol. The predicted octanol–water partition coefficient (Wildman–Crippen LogP) is 6.19. The minimum absolute atomic E-state index is 0.300. The molecule has 0 atom stereocenters. The largest absolute Gasteiger partial charge is 0.382 e. The molecule has 8 heteroatoms. The molecule has 1 aromatic carbocycles. The van der Waals surface area contributed by atoms with Crippen molar-refractivity contribution in [1.29, 1.82) is 0 Å². The van der Waals surface area contributed by atoms with Crippen LogP contribution in [-0.2, 0) is 0 Å². The first-order valence-electron chi connectivity index (χ1n) is 11.4. The maximum atomic E-state index is 14.5. The lowest BCUT2D eigenvalue weighted by Crippen LogP contribution is -2.09. The molecule has 0 saturated heterocycles. The predicted molar refractivity (Wildman–Crippen MR) is 136 cm³/mol. The van der Waals surface area contributed by atoms with Crippen LogP contribution in [0.5, 0.6) is 0 Å². The molecule has 6 rings (SSSR count). The molecule has 3 N–H and O–H groups in total. The normalized spacial score (nSPS) is 11.5. The molecule has 0 aliphatic rings. The van der Waals surface area contributed by atoms with Crippen molar-refractivity contribution >= 4 is 27.5 Å². The van der Waals surface area contributed by atoms with E-state index in [-0.39, 0.29) is 5.82 Å². The van der Waals surface area contributed by atoms with Gasteiger partial charge in [-0.05, 0) is 50.2 Å². The smallest absolute Gasteiger partial charge is 0.132 e. The van der Waals surface area contributed by atoms with Crippen LogP contribution in [0.2, 0.25) is 0 Å². The number of rotatable bonds is 5. The van der Waals surface area contributed by atoms with Crippen LogP contribution >= 0.6 is 0 Å². The Morgan fingerprint density at radius 3 is 2.60 bits per heavy atom. The van der Waals surface area contributed by atoms with Gasteiger partial charge < -0.3 is 10.3 Å². The minimum Gasteiger partial charge on any atom is -0.382 e. The highest BCUT2D eigenvalue weighted by Crippen LogP contribution is 2.34. The van der Waals surface area contributed by atoms with E-state index in [1.165, 1.54) is 6.07 Å². The number of fused-ring (bicyclic) bond motifs is 2. The molecule has 0 aliphatic carbocycles. The van der Waals surface area contributed by atoms with E-state index in [0.717, 1.165) is 50.1 Å². The lowest BCUT2D eigenvalue weighted by molar-refractivity contribution is 0.631. The highest BCUT2D eigenvalue weighted by molar-refractivity contribution is 6.00. The van der Waals surface area contributed by atoms with Crippen molar-refractivity contribution in [2.24, 2.45) is 0 Å². The van der Waals surface area contributed by atoms with Gasteiger partial charge in [-0.3, -0.25) is 20.1 Å². The summed E-state index contributed by atoms with van der Waals surface area (Å²) in [5.74, 6) is -0.306. The van der Waals surface area contributed by atoms with E-state index in [4.69, 9.17) is 0 Å². The molecule has 0 bridgehead atoms. The summed E-state index contributed by atoms with van der Waals surface area (Å²) in [5.41, 5.74) is 6.93. The summed E-state index contributed by atoms with van der Waals surface area (Å²) in [5, 5.41) is 12.7. The highest BCUT2D eigenvalue weighted by atomic mass is 19.1. The summed E-state index contributed by atoms with van der Waals surface area (Å²) < 4.78 is 14.5. The van der Waals surface area contributed by atoms with E-state index in [9.17, 15) is 4.39 Å². The van der Waals surface area contributed by atoms with Gasteiger partial charge in [0.2, 0.25) is 0 Å². The van der Waals surface area contributed by atoms with Gasteiger partial charge in [-0.2, -0.15) is 5.10 Å². The van der Waals surface area contributed by atoms with Gasteiger partial charge in [-0.25, -0.2) is 4.39 Å². The van der Waals surface area contributed by atoms with Gasteiger partial charge in [0.05, 0.1) is 34.5 Å². The molecule has 0 unspecified atom stereocenters. The van der Waals surface area contributed by atoms with Gasteiger partial charge in [0.15, 0.2) is 0 Å². The summed E-state index contributed by atoms with van der Waals surface area (Å²) in [6.45, 7) is 4.17. The molecular formula is C27H22FN7. The van der Waals surface area contributed by atoms with Gasteiger partial charge in [0.25, 0.3) is 0 Å². The summed E-state index contributed by atoms with van der Waals surface area (Å²) in [6.07, 6.45) is 7.06. The van der Waals surface area contributed by atoms with Gasteiger partial charge in [0.1, 0.15) is 11.5 Å². The van der Waals surface area contributed by atoms with Gasteiger partial charge in [0, 0.05) is 52.0 Å². The number of aromatic amines is 2. The molecule has 6 aromatic rings. The molecule has 0 fully saturated rings. The Morgan fingerprint density at radius 2 is 1.74 bits per heavy atom. The molecule has 0 aliphatic heterocycles. The quantitative estimate of drug-likeness (QED) is 0.283. The second-order valence-corrected chi connectivity index (χ2v) is 8.73. The molecule has 0 amide bonds. The fourth-order valence-electron chi connectivity index (χ4n) is 4.32. The van der Waals surface area contributed by atoms with Crippen molar-refractivity contribution in [2.45, 2.75) is 19.9 Å². The van der Waals surface area contributed by atoms with E-state index < -0.39 is 0 Å².